The van der Waals surface area contributed by atoms with Gasteiger partial charge >= 0.3 is 0 Å². The zero-order chi connectivity index (χ0) is 21.0. The van der Waals surface area contributed by atoms with Crippen molar-refractivity contribution in [3.8, 4) is 0 Å². The lowest BCUT2D eigenvalue weighted by Gasteiger charge is -2.32. The van der Waals surface area contributed by atoms with Crippen molar-refractivity contribution in [3.63, 3.8) is 0 Å². The van der Waals surface area contributed by atoms with Crippen molar-refractivity contribution in [2.24, 2.45) is 17.8 Å². The van der Waals surface area contributed by atoms with E-state index >= 15 is 0 Å². The SMILES string of the molecule is Cc1c(C)c(C)c(C2CCC(C=CC3CCC(C/C=C/F)CC3)CC2)c(C)c1C. The average molecular weight is 397 g/mol. The van der Waals surface area contributed by atoms with E-state index in [1.165, 1.54) is 68.1 Å². The van der Waals surface area contributed by atoms with E-state index in [0.29, 0.717) is 12.2 Å². The molecule has 2 aliphatic carbocycles. The largest absolute Gasteiger partial charge is 0.216 e. The summed E-state index contributed by atoms with van der Waals surface area (Å²) in [6.07, 6.45) is 18.9. The molecule has 1 heteroatoms. The second-order valence-electron chi connectivity index (χ2n) is 9.91. The van der Waals surface area contributed by atoms with Gasteiger partial charge in [-0.2, -0.15) is 0 Å². The van der Waals surface area contributed by atoms with Gasteiger partial charge in [0.05, 0.1) is 6.33 Å². The topological polar surface area (TPSA) is 0 Å². The van der Waals surface area contributed by atoms with E-state index in [1.807, 2.05) is 0 Å². The van der Waals surface area contributed by atoms with Crippen LogP contribution in [0.4, 0.5) is 4.39 Å². The van der Waals surface area contributed by atoms with Crippen LogP contribution in [-0.4, -0.2) is 0 Å². The van der Waals surface area contributed by atoms with Crippen molar-refractivity contribution in [2.75, 3.05) is 0 Å². The Bertz CT molecular complexity index is 709. The lowest BCUT2D eigenvalue weighted by atomic mass is 9.73. The standard InChI is InChI=1S/C28H41F/c1-19-20(2)22(4)28(23(5)21(19)3)27-16-14-26(15-17-27)13-12-25-10-8-24(9-11-25)7-6-18-29/h6,12-13,18,24-27H,7-11,14-17H2,1-5H3/b13-12?,18-6+. The van der Waals surface area contributed by atoms with Gasteiger partial charge in [0, 0.05) is 0 Å². The minimum Gasteiger partial charge on any atom is -0.216 e. The molecule has 0 spiro atoms. The Morgan fingerprint density at radius 1 is 0.655 bits per heavy atom. The molecule has 0 unspecified atom stereocenters. The maximum atomic E-state index is 12.2. The third kappa shape index (κ3) is 5.22. The quantitative estimate of drug-likeness (QED) is 0.436. The molecule has 0 aromatic heterocycles. The molecule has 2 aliphatic rings. The molecule has 0 bridgehead atoms. The highest BCUT2D eigenvalue weighted by molar-refractivity contribution is 5.51. The second kappa shape index (κ2) is 10.1. The van der Waals surface area contributed by atoms with Gasteiger partial charge in [-0.25, -0.2) is 4.39 Å². The molecule has 0 nitrogen and oxygen atoms in total. The van der Waals surface area contributed by atoms with Gasteiger partial charge in [0.1, 0.15) is 0 Å². The first-order valence-corrected chi connectivity index (χ1v) is 11.9. The maximum Gasteiger partial charge on any atom is 0.0827 e. The Balaban J connectivity index is 1.54. The summed E-state index contributed by atoms with van der Waals surface area (Å²) < 4.78 is 12.2. The van der Waals surface area contributed by atoms with Gasteiger partial charge in [-0.05, 0) is 149 Å². The molecule has 29 heavy (non-hydrogen) atoms. The summed E-state index contributed by atoms with van der Waals surface area (Å²) in [7, 11) is 0. The normalized spacial score (nSPS) is 28.5. The summed E-state index contributed by atoms with van der Waals surface area (Å²) in [5, 5.41) is 0. The Labute approximate surface area is 178 Å². The highest BCUT2D eigenvalue weighted by atomic mass is 19.1. The van der Waals surface area contributed by atoms with E-state index in [-0.39, 0.29) is 0 Å². The molecular formula is C28H41F. The molecule has 3 rings (SSSR count). The van der Waals surface area contributed by atoms with Crippen molar-refractivity contribution in [2.45, 2.75) is 98.3 Å². The predicted molar refractivity (Wildman–Crippen MR) is 124 cm³/mol. The van der Waals surface area contributed by atoms with Crippen molar-refractivity contribution in [3.05, 3.63) is 57.9 Å². The van der Waals surface area contributed by atoms with Crippen molar-refractivity contribution >= 4 is 0 Å². The smallest absolute Gasteiger partial charge is 0.0827 e. The summed E-state index contributed by atoms with van der Waals surface area (Å²) in [6.45, 7) is 11.6. The molecule has 0 atom stereocenters. The first kappa shape index (κ1) is 22.3. The Kier molecular flexibility index (Phi) is 7.77. The molecule has 2 fully saturated rings. The van der Waals surface area contributed by atoms with Gasteiger partial charge in [0.2, 0.25) is 0 Å². The molecular weight excluding hydrogens is 355 g/mol. The van der Waals surface area contributed by atoms with Gasteiger partial charge in [0.25, 0.3) is 0 Å². The van der Waals surface area contributed by atoms with Crippen LogP contribution in [-0.2, 0) is 0 Å². The summed E-state index contributed by atoms with van der Waals surface area (Å²) in [6, 6.07) is 0. The number of halogens is 1. The van der Waals surface area contributed by atoms with Crippen molar-refractivity contribution in [1.29, 1.82) is 0 Å². The lowest BCUT2D eigenvalue weighted by molar-refractivity contribution is 0.309. The van der Waals surface area contributed by atoms with E-state index in [4.69, 9.17) is 0 Å². The number of hydrogen-bond donors (Lipinski definition) is 0. The zero-order valence-electron chi connectivity index (χ0n) is 19.4. The minimum absolute atomic E-state index is 0.704. The van der Waals surface area contributed by atoms with E-state index in [0.717, 1.165) is 24.2 Å². The summed E-state index contributed by atoms with van der Waals surface area (Å²) in [5.41, 5.74) is 9.24. The highest BCUT2D eigenvalue weighted by Gasteiger charge is 2.26. The molecule has 0 aliphatic heterocycles. The highest BCUT2D eigenvalue weighted by Crippen LogP contribution is 2.41. The first-order valence-electron chi connectivity index (χ1n) is 11.9. The van der Waals surface area contributed by atoms with Crippen LogP contribution in [0.3, 0.4) is 0 Å². The van der Waals surface area contributed by atoms with Crippen molar-refractivity contribution in [1.82, 2.24) is 0 Å². The third-order valence-electron chi connectivity index (χ3n) is 8.34. The maximum absolute atomic E-state index is 12.2. The summed E-state index contributed by atoms with van der Waals surface area (Å²) in [5.74, 6) is 2.98. The van der Waals surface area contributed by atoms with Crippen LogP contribution in [0.5, 0.6) is 0 Å². The van der Waals surface area contributed by atoms with E-state index in [9.17, 15) is 4.39 Å². The fraction of sp³-hybridized carbons (Fsp3) is 0.643. The van der Waals surface area contributed by atoms with Gasteiger partial charge in [-0.15, -0.1) is 0 Å². The average Bonchev–Trinajstić information content (AvgIpc) is 2.75. The fourth-order valence-electron chi connectivity index (χ4n) is 5.92. The number of benzene rings is 1. The van der Waals surface area contributed by atoms with Crippen LogP contribution in [0.2, 0.25) is 0 Å². The number of allylic oxidation sites excluding steroid dienone is 3. The van der Waals surface area contributed by atoms with Gasteiger partial charge in [0.15, 0.2) is 0 Å². The van der Waals surface area contributed by atoms with E-state index < -0.39 is 0 Å². The summed E-state index contributed by atoms with van der Waals surface area (Å²) in [4.78, 5) is 0. The van der Waals surface area contributed by atoms with Gasteiger partial charge < -0.3 is 0 Å². The molecule has 1 aromatic rings. The predicted octanol–water partition coefficient (Wildman–Crippen LogP) is 8.74. The summed E-state index contributed by atoms with van der Waals surface area (Å²) >= 11 is 0. The molecule has 0 saturated heterocycles. The van der Waals surface area contributed by atoms with Crippen LogP contribution in [0.15, 0.2) is 24.6 Å². The molecule has 0 amide bonds. The van der Waals surface area contributed by atoms with Crippen LogP contribution >= 0.6 is 0 Å². The molecule has 1 aromatic carbocycles. The lowest BCUT2D eigenvalue weighted by Crippen LogP contribution is -2.16. The Morgan fingerprint density at radius 2 is 1.10 bits per heavy atom. The van der Waals surface area contributed by atoms with E-state index in [1.54, 1.807) is 22.8 Å². The third-order valence-corrected chi connectivity index (χ3v) is 8.34. The fourth-order valence-corrected chi connectivity index (χ4v) is 5.92. The zero-order valence-corrected chi connectivity index (χ0v) is 19.4. The van der Waals surface area contributed by atoms with Crippen LogP contribution in [0, 0.1) is 52.4 Å². The van der Waals surface area contributed by atoms with Crippen LogP contribution < -0.4 is 0 Å². The van der Waals surface area contributed by atoms with Crippen molar-refractivity contribution < 1.29 is 4.39 Å². The van der Waals surface area contributed by atoms with Crippen LogP contribution in [0.25, 0.3) is 0 Å². The molecule has 160 valence electrons. The number of rotatable bonds is 5. The molecule has 0 N–H and O–H groups in total. The van der Waals surface area contributed by atoms with Crippen LogP contribution in [0.1, 0.15) is 97.1 Å². The Hall–Kier alpha value is -1.37. The Morgan fingerprint density at radius 3 is 1.59 bits per heavy atom. The van der Waals surface area contributed by atoms with Gasteiger partial charge in [-0.3, -0.25) is 0 Å². The minimum atomic E-state index is 0.704. The monoisotopic (exact) mass is 396 g/mol. The second-order valence-corrected chi connectivity index (χ2v) is 9.91. The molecule has 0 radical (unpaired) electrons. The number of hydrogen-bond acceptors (Lipinski definition) is 0. The van der Waals surface area contributed by atoms with E-state index in [2.05, 4.69) is 46.8 Å². The van der Waals surface area contributed by atoms with Gasteiger partial charge in [-0.1, -0.05) is 18.2 Å². The molecule has 0 heterocycles. The molecule has 2 saturated carbocycles. The first-order chi connectivity index (χ1) is 13.9.